The zero-order valence-corrected chi connectivity index (χ0v) is 15.6. The van der Waals surface area contributed by atoms with Crippen LogP contribution in [0.3, 0.4) is 0 Å². The number of aliphatic carboxylic acids is 1. The Morgan fingerprint density at radius 1 is 1.37 bits per heavy atom. The molecule has 1 amide bonds. The van der Waals surface area contributed by atoms with Crippen molar-refractivity contribution in [2.45, 2.75) is 51.3 Å². The number of nitrogens with zero attached hydrogens (tertiary/aromatic N) is 1. The van der Waals surface area contributed by atoms with Crippen LogP contribution in [0.15, 0.2) is 18.2 Å². The lowest BCUT2D eigenvalue weighted by Crippen LogP contribution is -2.53. The molecule has 1 aliphatic heterocycles. The molecule has 2 unspecified atom stereocenters. The summed E-state index contributed by atoms with van der Waals surface area (Å²) in [5.74, 6) is -3.20. The summed E-state index contributed by atoms with van der Waals surface area (Å²) in [7, 11) is 0. The summed E-state index contributed by atoms with van der Waals surface area (Å²) in [4.78, 5) is 26.0. The number of hydrogen-bond donors (Lipinski definition) is 2. The third kappa shape index (κ3) is 5.71. The molecule has 8 heteroatoms. The van der Waals surface area contributed by atoms with E-state index in [0.29, 0.717) is 32.2 Å². The van der Waals surface area contributed by atoms with Gasteiger partial charge in [-0.05, 0) is 18.9 Å². The minimum Gasteiger partial charge on any atom is -0.481 e. The number of rotatable bonds is 8. The minimum atomic E-state index is -1.19. The lowest BCUT2D eigenvalue weighted by molar-refractivity contribution is -0.138. The molecule has 6 nitrogen and oxygen atoms in total. The molecule has 1 aliphatic rings. The molecule has 2 rings (SSSR count). The van der Waals surface area contributed by atoms with Crippen LogP contribution in [0, 0.1) is 11.6 Å². The number of nitrogens with one attached hydrogen (secondary N) is 1. The highest BCUT2D eigenvalue weighted by atomic mass is 19.1. The fourth-order valence-electron chi connectivity index (χ4n) is 3.35. The summed E-state index contributed by atoms with van der Waals surface area (Å²) < 4.78 is 32.9. The van der Waals surface area contributed by atoms with Crippen LogP contribution >= 0.6 is 0 Å². The number of halogens is 2. The fraction of sp³-hybridized carbons (Fsp3) is 0.579. The van der Waals surface area contributed by atoms with Gasteiger partial charge >= 0.3 is 5.97 Å². The molecule has 0 aromatic heterocycles. The van der Waals surface area contributed by atoms with E-state index >= 15 is 0 Å². The monoisotopic (exact) mass is 384 g/mol. The standard InChI is InChI=1S/C19H26F2N2O4/c1-3-13-11-23(7-8-27-13)17(4-2)19(26)22-16(10-18(24)25)14-6-5-12(20)9-15(14)21/h5-6,9,13,16-17H,3-4,7-8,10-11H2,1-2H3,(H,22,26)(H,24,25)/t13?,16-,17?/m0/s1. The first-order valence-corrected chi connectivity index (χ1v) is 9.18. The average molecular weight is 384 g/mol. The molecule has 0 aliphatic carbocycles. The van der Waals surface area contributed by atoms with Gasteiger partial charge < -0.3 is 15.2 Å². The van der Waals surface area contributed by atoms with Crippen molar-refractivity contribution < 1.29 is 28.2 Å². The van der Waals surface area contributed by atoms with E-state index in [9.17, 15) is 18.4 Å². The van der Waals surface area contributed by atoms with Gasteiger partial charge in [0, 0.05) is 24.7 Å². The van der Waals surface area contributed by atoms with Crippen molar-refractivity contribution in [1.82, 2.24) is 10.2 Å². The smallest absolute Gasteiger partial charge is 0.305 e. The van der Waals surface area contributed by atoms with Gasteiger partial charge in [-0.3, -0.25) is 14.5 Å². The van der Waals surface area contributed by atoms with E-state index in [1.165, 1.54) is 6.07 Å². The van der Waals surface area contributed by atoms with Crippen molar-refractivity contribution in [2.24, 2.45) is 0 Å². The highest BCUT2D eigenvalue weighted by molar-refractivity contribution is 5.83. The Bertz CT molecular complexity index is 671. The van der Waals surface area contributed by atoms with Crippen molar-refractivity contribution in [3.8, 4) is 0 Å². The van der Waals surface area contributed by atoms with Crippen molar-refractivity contribution in [1.29, 1.82) is 0 Å². The van der Waals surface area contributed by atoms with E-state index in [1.54, 1.807) is 0 Å². The number of carbonyl (C=O) groups excluding carboxylic acids is 1. The lowest BCUT2D eigenvalue weighted by atomic mass is 10.0. The Balaban J connectivity index is 2.17. The number of carbonyl (C=O) groups is 2. The van der Waals surface area contributed by atoms with E-state index in [1.807, 2.05) is 18.7 Å². The van der Waals surface area contributed by atoms with Gasteiger partial charge in [0.2, 0.25) is 5.91 Å². The number of morpholine rings is 1. The van der Waals surface area contributed by atoms with Gasteiger partial charge in [0.25, 0.3) is 0 Å². The number of carboxylic acids is 1. The molecule has 1 fully saturated rings. The van der Waals surface area contributed by atoms with Crippen LogP contribution in [-0.2, 0) is 14.3 Å². The Labute approximate surface area is 157 Å². The van der Waals surface area contributed by atoms with Gasteiger partial charge in [-0.15, -0.1) is 0 Å². The first kappa shape index (κ1) is 21.2. The van der Waals surface area contributed by atoms with Crippen LogP contribution in [0.2, 0.25) is 0 Å². The molecule has 2 N–H and O–H groups in total. The molecule has 1 aromatic rings. The second-order valence-corrected chi connectivity index (χ2v) is 6.64. The average Bonchev–Trinajstić information content (AvgIpc) is 2.61. The van der Waals surface area contributed by atoms with Gasteiger partial charge in [0.1, 0.15) is 11.6 Å². The van der Waals surface area contributed by atoms with Crippen LogP contribution in [0.4, 0.5) is 8.78 Å². The molecule has 0 radical (unpaired) electrons. The van der Waals surface area contributed by atoms with Gasteiger partial charge in [-0.2, -0.15) is 0 Å². The molecule has 1 aromatic carbocycles. The number of hydrogen-bond acceptors (Lipinski definition) is 4. The third-order valence-electron chi connectivity index (χ3n) is 4.79. The number of carboxylic acid groups (broad SMARTS) is 1. The second-order valence-electron chi connectivity index (χ2n) is 6.64. The molecule has 1 saturated heterocycles. The quantitative estimate of drug-likeness (QED) is 0.720. The maximum absolute atomic E-state index is 14.1. The van der Waals surface area contributed by atoms with E-state index in [0.717, 1.165) is 12.5 Å². The summed E-state index contributed by atoms with van der Waals surface area (Å²) in [6.07, 6.45) is 0.904. The SMILES string of the molecule is CCC1CN(C(CC)C(=O)N[C@@H](CC(=O)O)c2ccc(F)cc2F)CCO1. The lowest BCUT2D eigenvalue weighted by Gasteiger charge is -2.37. The number of amides is 1. The molecular weight excluding hydrogens is 358 g/mol. The Morgan fingerprint density at radius 3 is 2.70 bits per heavy atom. The summed E-state index contributed by atoms with van der Waals surface area (Å²) in [6.45, 7) is 5.60. The molecule has 150 valence electrons. The topological polar surface area (TPSA) is 78.9 Å². The maximum atomic E-state index is 14.1. The highest BCUT2D eigenvalue weighted by Gasteiger charge is 2.31. The summed E-state index contributed by atoms with van der Waals surface area (Å²) in [5, 5.41) is 11.8. The predicted molar refractivity (Wildman–Crippen MR) is 95.2 cm³/mol. The zero-order chi connectivity index (χ0) is 20.0. The van der Waals surface area contributed by atoms with Crippen molar-refractivity contribution >= 4 is 11.9 Å². The first-order chi connectivity index (χ1) is 12.8. The second kappa shape index (κ2) is 9.75. The van der Waals surface area contributed by atoms with Crippen LogP contribution in [0.1, 0.15) is 44.7 Å². The number of ether oxygens (including phenoxy) is 1. The van der Waals surface area contributed by atoms with E-state index < -0.39 is 36.1 Å². The minimum absolute atomic E-state index is 0.0459. The molecule has 0 bridgehead atoms. The molecule has 3 atom stereocenters. The predicted octanol–water partition coefficient (Wildman–Crippen LogP) is 2.49. The Hall–Kier alpha value is -2.06. The van der Waals surface area contributed by atoms with Gasteiger partial charge in [-0.25, -0.2) is 8.78 Å². The van der Waals surface area contributed by atoms with Crippen LogP contribution < -0.4 is 5.32 Å². The zero-order valence-electron chi connectivity index (χ0n) is 15.6. The van der Waals surface area contributed by atoms with Gasteiger partial charge in [0.15, 0.2) is 0 Å². The van der Waals surface area contributed by atoms with Crippen molar-refractivity contribution in [3.05, 3.63) is 35.4 Å². The van der Waals surface area contributed by atoms with Crippen LogP contribution in [-0.4, -0.2) is 53.7 Å². The summed E-state index contributed by atoms with van der Waals surface area (Å²) in [5.41, 5.74) is -0.0459. The molecule has 0 saturated carbocycles. The fourth-order valence-corrected chi connectivity index (χ4v) is 3.35. The van der Waals surface area contributed by atoms with Gasteiger partial charge in [0.05, 0.1) is 31.2 Å². The van der Waals surface area contributed by atoms with Crippen molar-refractivity contribution in [2.75, 3.05) is 19.7 Å². The van der Waals surface area contributed by atoms with Crippen LogP contribution in [0.25, 0.3) is 0 Å². The largest absolute Gasteiger partial charge is 0.481 e. The van der Waals surface area contributed by atoms with Crippen LogP contribution in [0.5, 0.6) is 0 Å². The number of benzene rings is 1. The molecular formula is C19H26F2N2O4. The summed E-state index contributed by atoms with van der Waals surface area (Å²) in [6, 6.07) is 1.35. The normalized spacial score (nSPS) is 20.1. The van der Waals surface area contributed by atoms with Crippen molar-refractivity contribution in [3.63, 3.8) is 0 Å². The Kier molecular flexibility index (Phi) is 7.67. The Morgan fingerprint density at radius 2 is 2.11 bits per heavy atom. The maximum Gasteiger partial charge on any atom is 0.305 e. The summed E-state index contributed by atoms with van der Waals surface area (Å²) >= 11 is 0. The third-order valence-corrected chi connectivity index (χ3v) is 4.79. The first-order valence-electron chi connectivity index (χ1n) is 9.18. The van der Waals surface area contributed by atoms with E-state index in [4.69, 9.17) is 9.84 Å². The highest BCUT2D eigenvalue weighted by Crippen LogP contribution is 2.22. The molecule has 1 heterocycles. The van der Waals surface area contributed by atoms with Gasteiger partial charge in [-0.1, -0.05) is 19.9 Å². The molecule has 27 heavy (non-hydrogen) atoms. The van der Waals surface area contributed by atoms with E-state index in [-0.39, 0.29) is 17.6 Å². The van der Waals surface area contributed by atoms with E-state index in [2.05, 4.69) is 5.32 Å². The molecule has 0 spiro atoms.